The van der Waals surface area contributed by atoms with Crippen molar-refractivity contribution in [3.8, 4) is 0 Å². The van der Waals surface area contributed by atoms with Crippen LogP contribution in [0.25, 0.3) is 0 Å². The van der Waals surface area contributed by atoms with Gasteiger partial charge in [-0.05, 0) is 12.1 Å². The summed E-state index contributed by atoms with van der Waals surface area (Å²) < 4.78 is 45.3. The molecule has 0 atom stereocenters. The fourth-order valence-corrected chi connectivity index (χ4v) is 3.74. The fraction of sp³-hybridized carbons (Fsp3) is 0.526. The molecule has 0 unspecified atom stereocenters. The number of halogens is 3. The van der Waals surface area contributed by atoms with Crippen LogP contribution in [0.3, 0.4) is 0 Å². The Labute approximate surface area is 172 Å². The van der Waals surface area contributed by atoms with Gasteiger partial charge in [0.05, 0.1) is 25.3 Å². The first-order chi connectivity index (χ1) is 14.4. The predicted octanol–water partition coefficient (Wildman–Crippen LogP) is 1.63. The quantitative estimate of drug-likeness (QED) is 0.795. The zero-order valence-corrected chi connectivity index (χ0v) is 16.5. The number of benzene rings is 1. The highest BCUT2D eigenvalue weighted by Gasteiger charge is 2.35. The largest absolute Gasteiger partial charge is 0.418 e. The Bertz CT molecular complexity index is 865. The van der Waals surface area contributed by atoms with Gasteiger partial charge in [-0.25, -0.2) is 0 Å². The smallest absolute Gasteiger partial charge is 0.378 e. The number of anilines is 3. The van der Waals surface area contributed by atoms with E-state index in [1.54, 1.807) is 11.0 Å². The fourth-order valence-electron chi connectivity index (χ4n) is 3.74. The third-order valence-corrected chi connectivity index (χ3v) is 5.27. The molecule has 2 saturated heterocycles. The van der Waals surface area contributed by atoms with E-state index in [9.17, 15) is 13.2 Å². The minimum absolute atomic E-state index is 0.166. The molecule has 30 heavy (non-hydrogen) atoms. The van der Waals surface area contributed by atoms with Crippen molar-refractivity contribution >= 4 is 17.6 Å². The van der Waals surface area contributed by atoms with Crippen molar-refractivity contribution in [2.24, 2.45) is 0 Å². The molecule has 8 nitrogen and oxygen atoms in total. The summed E-state index contributed by atoms with van der Waals surface area (Å²) in [6.07, 6.45) is -4.37. The number of rotatable bonds is 4. The number of para-hydroxylation sites is 1. The second-order valence-corrected chi connectivity index (χ2v) is 7.29. The maximum Gasteiger partial charge on any atom is 0.418 e. The van der Waals surface area contributed by atoms with Crippen molar-refractivity contribution in [2.45, 2.75) is 12.7 Å². The third kappa shape index (κ3) is 4.73. The average molecular weight is 423 g/mol. The lowest BCUT2D eigenvalue weighted by atomic mass is 10.1. The summed E-state index contributed by atoms with van der Waals surface area (Å²) in [5, 5.41) is 0. The highest BCUT2D eigenvalue weighted by Crippen LogP contribution is 2.36. The molecule has 2 N–H and O–H groups in total. The molecule has 0 radical (unpaired) electrons. The number of morpholine rings is 1. The number of alkyl halides is 3. The van der Waals surface area contributed by atoms with Crippen molar-refractivity contribution < 1.29 is 17.9 Å². The topological polar surface area (TPSA) is 83.6 Å². The van der Waals surface area contributed by atoms with Crippen LogP contribution in [0.5, 0.6) is 0 Å². The van der Waals surface area contributed by atoms with E-state index in [1.807, 2.05) is 4.90 Å². The normalized spacial score (nSPS) is 18.6. The summed E-state index contributed by atoms with van der Waals surface area (Å²) in [6.45, 7) is 5.27. The zero-order chi connectivity index (χ0) is 21.1. The molecule has 0 aliphatic carbocycles. The van der Waals surface area contributed by atoms with E-state index in [0.29, 0.717) is 70.8 Å². The molecular weight excluding hydrogens is 399 g/mol. The molecule has 1 aromatic carbocycles. The minimum Gasteiger partial charge on any atom is -0.378 e. The minimum atomic E-state index is -4.37. The van der Waals surface area contributed by atoms with Gasteiger partial charge in [-0.1, -0.05) is 12.1 Å². The van der Waals surface area contributed by atoms with E-state index in [1.165, 1.54) is 12.1 Å². The Balaban J connectivity index is 1.41. The molecule has 0 saturated carbocycles. The molecule has 3 heterocycles. The van der Waals surface area contributed by atoms with E-state index in [0.717, 1.165) is 6.07 Å². The van der Waals surface area contributed by atoms with Gasteiger partial charge < -0.3 is 20.3 Å². The second kappa shape index (κ2) is 8.60. The van der Waals surface area contributed by atoms with E-state index >= 15 is 0 Å². The first kappa shape index (κ1) is 20.6. The first-order valence-corrected chi connectivity index (χ1v) is 9.87. The maximum atomic E-state index is 13.3. The van der Waals surface area contributed by atoms with Crippen LogP contribution in [0, 0.1) is 0 Å². The van der Waals surface area contributed by atoms with Crippen LogP contribution in [-0.4, -0.2) is 72.3 Å². The SMILES string of the molecule is Nc1nc(CN2CCN(c3ccccc3C(F)(F)F)CC2)nc(N2CCOCC2)n1. The van der Waals surface area contributed by atoms with Crippen LogP contribution >= 0.6 is 0 Å². The Morgan fingerprint density at radius 3 is 2.30 bits per heavy atom. The number of ether oxygens (including phenoxy) is 1. The van der Waals surface area contributed by atoms with Crippen LogP contribution in [0.15, 0.2) is 24.3 Å². The molecular formula is C19H24F3N7O. The average Bonchev–Trinajstić information content (AvgIpc) is 2.74. The summed E-state index contributed by atoms with van der Waals surface area (Å²) in [6, 6.07) is 5.71. The van der Waals surface area contributed by atoms with Gasteiger partial charge in [-0.3, -0.25) is 4.90 Å². The highest BCUT2D eigenvalue weighted by molar-refractivity contribution is 5.55. The molecule has 4 rings (SSSR count). The zero-order valence-electron chi connectivity index (χ0n) is 16.5. The number of hydrogen-bond acceptors (Lipinski definition) is 8. The Hall–Kier alpha value is -2.66. The Kier molecular flexibility index (Phi) is 5.91. The molecule has 2 aromatic rings. The lowest BCUT2D eigenvalue weighted by Gasteiger charge is -2.37. The van der Waals surface area contributed by atoms with E-state index in [2.05, 4.69) is 19.9 Å². The van der Waals surface area contributed by atoms with Crippen LogP contribution < -0.4 is 15.5 Å². The molecule has 2 fully saturated rings. The molecule has 0 bridgehead atoms. The highest BCUT2D eigenvalue weighted by atomic mass is 19.4. The lowest BCUT2D eigenvalue weighted by molar-refractivity contribution is -0.137. The van der Waals surface area contributed by atoms with Crippen LogP contribution in [0.2, 0.25) is 0 Å². The van der Waals surface area contributed by atoms with E-state index in [4.69, 9.17) is 10.5 Å². The summed E-state index contributed by atoms with van der Waals surface area (Å²) in [5.74, 6) is 1.27. The van der Waals surface area contributed by atoms with Gasteiger partial charge in [-0.2, -0.15) is 28.1 Å². The van der Waals surface area contributed by atoms with Crippen LogP contribution in [-0.2, 0) is 17.5 Å². The molecule has 0 spiro atoms. The maximum absolute atomic E-state index is 13.3. The van der Waals surface area contributed by atoms with Crippen molar-refractivity contribution in [1.29, 1.82) is 0 Å². The first-order valence-electron chi connectivity index (χ1n) is 9.87. The van der Waals surface area contributed by atoms with Gasteiger partial charge in [0.1, 0.15) is 5.82 Å². The number of piperazine rings is 1. The van der Waals surface area contributed by atoms with Gasteiger partial charge in [0.2, 0.25) is 11.9 Å². The summed E-state index contributed by atoms with van der Waals surface area (Å²) in [5.41, 5.74) is 5.50. The second-order valence-electron chi connectivity index (χ2n) is 7.29. The number of nitrogen functional groups attached to an aromatic ring is 1. The summed E-state index contributed by atoms with van der Waals surface area (Å²) in [4.78, 5) is 18.9. The number of hydrogen-bond donors (Lipinski definition) is 1. The molecule has 2 aliphatic rings. The summed E-state index contributed by atoms with van der Waals surface area (Å²) in [7, 11) is 0. The van der Waals surface area contributed by atoms with E-state index in [-0.39, 0.29) is 11.6 Å². The number of aromatic nitrogens is 3. The van der Waals surface area contributed by atoms with Gasteiger partial charge in [0, 0.05) is 45.0 Å². The molecule has 1 aromatic heterocycles. The third-order valence-electron chi connectivity index (χ3n) is 5.27. The van der Waals surface area contributed by atoms with Crippen molar-refractivity contribution in [2.75, 3.05) is 68.0 Å². The summed E-state index contributed by atoms with van der Waals surface area (Å²) >= 11 is 0. The van der Waals surface area contributed by atoms with Gasteiger partial charge in [-0.15, -0.1) is 0 Å². The van der Waals surface area contributed by atoms with Gasteiger partial charge in [0.25, 0.3) is 0 Å². The monoisotopic (exact) mass is 423 g/mol. The molecule has 11 heteroatoms. The standard InChI is InChI=1S/C19H24F3N7O/c20-19(21,22)14-3-1-2-4-15(14)28-7-5-27(6-8-28)13-16-24-17(23)26-18(25-16)29-9-11-30-12-10-29/h1-4H,5-13H2,(H2,23,24,25,26). The van der Waals surface area contributed by atoms with E-state index < -0.39 is 11.7 Å². The lowest BCUT2D eigenvalue weighted by Crippen LogP contribution is -2.46. The Morgan fingerprint density at radius 2 is 1.60 bits per heavy atom. The van der Waals surface area contributed by atoms with Crippen LogP contribution in [0.1, 0.15) is 11.4 Å². The van der Waals surface area contributed by atoms with Gasteiger partial charge in [0.15, 0.2) is 0 Å². The van der Waals surface area contributed by atoms with Crippen molar-refractivity contribution in [3.63, 3.8) is 0 Å². The molecule has 2 aliphatic heterocycles. The predicted molar refractivity (Wildman–Crippen MR) is 106 cm³/mol. The number of nitrogens with two attached hydrogens (primary N) is 1. The molecule has 0 amide bonds. The van der Waals surface area contributed by atoms with Gasteiger partial charge >= 0.3 is 6.18 Å². The molecule has 162 valence electrons. The Morgan fingerprint density at radius 1 is 0.900 bits per heavy atom. The van der Waals surface area contributed by atoms with Crippen molar-refractivity contribution in [3.05, 3.63) is 35.7 Å². The van der Waals surface area contributed by atoms with Crippen molar-refractivity contribution in [1.82, 2.24) is 19.9 Å². The van der Waals surface area contributed by atoms with Crippen LogP contribution in [0.4, 0.5) is 30.8 Å². The number of nitrogens with zero attached hydrogens (tertiary/aromatic N) is 6.